The molecule has 0 unspecified atom stereocenters. The second-order valence-electron chi connectivity index (χ2n) is 5.77. The molecule has 0 aliphatic carbocycles. The number of carbonyl (C=O) groups excluding carboxylic acids is 1. The van der Waals surface area contributed by atoms with Crippen LogP contribution in [0.15, 0.2) is 66.1 Å². The van der Waals surface area contributed by atoms with Gasteiger partial charge in [-0.05, 0) is 30.3 Å². The highest BCUT2D eigenvalue weighted by Crippen LogP contribution is 2.30. The summed E-state index contributed by atoms with van der Waals surface area (Å²) in [5.41, 5.74) is -0.238. The van der Waals surface area contributed by atoms with E-state index in [1.807, 2.05) is 0 Å². The molecule has 11 heteroatoms. The zero-order valence-corrected chi connectivity index (χ0v) is 15.4. The summed E-state index contributed by atoms with van der Waals surface area (Å²) in [6, 6.07) is 10.2. The number of nitro benzene ring substituents is 1. The van der Waals surface area contributed by atoms with Crippen molar-refractivity contribution in [2.24, 2.45) is 0 Å². The van der Waals surface area contributed by atoms with E-state index in [2.05, 4.69) is 10.3 Å². The topological polar surface area (TPSA) is 90.1 Å². The van der Waals surface area contributed by atoms with Crippen LogP contribution in [0, 0.1) is 10.1 Å². The molecule has 0 aliphatic heterocycles. The van der Waals surface area contributed by atoms with Crippen molar-refractivity contribution in [1.82, 2.24) is 9.55 Å². The summed E-state index contributed by atoms with van der Waals surface area (Å²) in [5.74, 6) is -0.576. The number of hydrogen-bond acceptors (Lipinski definition) is 5. The van der Waals surface area contributed by atoms with Crippen molar-refractivity contribution in [2.75, 3.05) is 11.1 Å². The smallest absolute Gasteiger partial charge is 0.325 e. The number of carbonyl (C=O) groups is 1. The maximum atomic E-state index is 12.7. The van der Waals surface area contributed by atoms with Gasteiger partial charge in [-0.3, -0.25) is 19.5 Å². The zero-order chi connectivity index (χ0) is 21.0. The van der Waals surface area contributed by atoms with E-state index in [9.17, 15) is 28.1 Å². The van der Waals surface area contributed by atoms with Crippen molar-refractivity contribution in [3.63, 3.8) is 0 Å². The third kappa shape index (κ3) is 5.13. The van der Waals surface area contributed by atoms with Crippen molar-refractivity contribution >= 4 is 29.0 Å². The van der Waals surface area contributed by atoms with Gasteiger partial charge < -0.3 is 5.32 Å². The van der Waals surface area contributed by atoms with E-state index in [0.29, 0.717) is 10.8 Å². The number of halogens is 3. The molecule has 0 atom stereocenters. The number of non-ortho nitro benzene ring substituents is 1. The Hall–Kier alpha value is -3.34. The molecule has 1 amide bonds. The molecule has 1 aromatic heterocycles. The van der Waals surface area contributed by atoms with Crippen molar-refractivity contribution in [3.05, 3.63) is 76.6 Å². The lowest BCUT2D eigenvalue weighted by Gasteiger charge is -2.10. The number of nitrogens with zero attached hydrogens (tertiary/aromatic N) is 3. The number of imidazole rings is 1. The maximum absolute atomic E-state index is 12.7. The van der Waals surface area contributed by atoms with Gasteiger partial charge in [0.25, 0.3) is 5.69 Å². The molecule has 150 valence electrons. The zero-order valence-electron chi connectivity index (χ0n) is 14.6. The Morgan fingerprint density at radius 3 is 2.59 bits per heavy atom. The predicted molar refractivity (Wildman–Crippen MR) is 101 cm³/mol. The highest BCUT2D eigenvalue weighted by Gasteiger charge is 2.30. The van der Waals surface area contributed by atoms with Gasteiger partial charge in [0.15, 0.2) is 5.16 Å². The van der Waals surface area contributed by atoms with E-state index in [1.54, 1.807) is 22.9 Å². The maximum Gasteiger partial charge on any atom is 0.416 e. The van der Waals surface area contributed by atoms with Gasteiger partial charge in [0.1, 0.15) is 0 Å². The van der Waals surface area contributed by atoms with Gasteiger partial charge in [-0.1, -0.05) is 17.8 Å². The van der Waals surface area contributed by atoms with Gasteiger partial charge in [-0.2, -0.15) is 13.2 Å². The molecule has 0 fully saturated rings. The third-order valence-electron chi connectivity index (χ3n) is 3.75. The third-order valence-corrected chi connectivity index (χ3v) is 4.72. The number of hydrogen-bond donors (Lipinski definition) is 1. The van der Waals surface area contributed by atoms with E-state index in [4.69, 9.17) is 0 Å². The van der Waals surface area contributed by atoms with Crippen LogP contribution in [0.3, 0.4) is 0 Å². The standard InChI is InChI=1S/C18H13F3N4O3S/c19-18(20,21)12-2-1-3-13(10-12)23-16(26)11-29-17-22-8-9-24(17)14-4-6-15(7-5-14)25(27)28/h1-10H,11H2,(H,23,26). The summed E-state index contributed by atoms with van der Waals surface area (Å²) in [4.78, 5) is 26.5. The molecule has 0 saturated heterocycles. The van der Waals surface area contributed by atoms with Crippen LogP contribution in [0.2, 0.25) is 0 Å². The Balaban J connectivity index is 1.65. The average molecular weight is 422 g/mol. The fourth-order valence-electron chi connectivity index (χ4n) is 2.43. The lowest BCUT2D eigenvalue weighted by Crippen LogP contribution is -2.15. The first-order valence-corrected chi connectivity index (χ1v) is 9.11. The fraction of sp³-hybridized carbons (Fsp3) is 0.111. The number of nitrogens with one attached hydrogen (secondary N) is 1. The number of rotatable bonds is 6. The molecule has 0 radical (unpaired) electrons. The summed E-state index contributed by atoms with van der Waals surface area (Å²) in [6.45, 7) is 0. The van der Waals surface area contributed by atoms with Crippen molar-refractivity contribution < 1.29 is 22.9 Å². The number of benzene rings is 2. The Morgan fingerprint density at radius 1 is 1.21 bits per heavy atom. The molecule has 1 heterocycles. The number of anilines is 1. The molecule has 0 bridgehead atoms. The monoisotopic (exact) mass is 422 g/mol. The summed E-state index contributed by atoms with van der Waals surface area (Å²) >= 11 is 1.08. The average Bonchev–Trinajstić information content (AvgIpc) is 3.14. The molecule has 1 N–H and O–H groups in total. The molecule has 0 spiro atoms. The normalized spacial score (nSPS) is 11.3. The highest BCUT2D eigenvalue weighted by molar-refractivity contribution is 7.99. The SMILES string of the molecule is O=C(CSc1nccn1-c1ccc([N+](=O)[O-])cc1)Nc1cccc(C(F)(F)F)c1. The van der Waals surface area contributed by atoms with Gasteiger partial charge in [0, 0.05) is 35.9 Å². The molecule has 3 rings (SSSR count). The van der Waals surface area contributed by atoms with E-state index in [0.717, 1.165) is 23.9 Å². The Labute approximate surface area is 166 Å². The Kier molecular flexibility index (Phi) is 5.87. The van der Waals surface area contributed by atoms with Gasteiger partial charge in [0.2, 0.25) is 5.91 Å². The second kappa shape index (κ2) is 8.35. The highest BCUT2D eigenvalue weighted by atomic mass is 32.2. The van der Waals surface area contributed by atoms with Crippen LogP contribution in [0.4, 0.5) is 24.5 Å². The molecule has 0 aliphatic rings. The minimum absolute atomic E-state index is 0.0455. The lowest BCUT2D eigenvalue weighted by atomic mass is 10.2. The molecule has 7 nitrogen and oxygen atoms in total. The van der Waals surface area contributed by atoms with Crippen molar-refractivity contribution in [1.29, 1.82) is 0 Å². The summed E-state index contributed by atoms with van der Waals surface area (Å²) in [6.07, 6.45) is -1.35. The Bertz CT molecular complexity index is 1040. The van der Waals surface area contributed by atoms with E-state index < -0.39 is 22.6 Å². The molecule has 2 aromatic carbocycles. The van der Waals surface area contributed by atoms with Crippen LogP contribution in [0.1, 0.15) is 5.56 Å². The first kappa shape index (κ1) is 20.4. The quantitative estimate of drug-likeness (QED) is 0.358. The molecular weight excluding hydrogens is 409 g/mol. The summed E-state index contributed by atoms with van der Waals surface area (Å²) in [5, 5.41) is 13.6. The van der Waals surface area contributed by atoms with Gasteiger partial charge >= 0.3 is 6.18 Å². The van der Waals surface area contributed by atoms with E-state index in [1.165, 1.54) is 30.5 Å². The van der Waals surface area contributed by atoms with Crippen LogP contribution >= 0.6 is 11.8 Å². The number of amides is 1. The van der Waals surface area contributed by atoms with Gasteiger partial charge in [0.05, 0.1) is 16.2 Å². The van der Waals surface area contributed by atoms with Crippen molar-refractivity contribution in [2.45, 2.75) is 11.3 Å². The minimum Gasteiger partial charge on any atom is -0.325 e. The van der Waals surface area contributed by atoms with Crippen molar-refractivity contribution in [3.8, 4) is 5.69 Å². The molecule has 0 saturated carbocycles. The fourth-order valence-corrected chi connectivity index (χ4v) is 3.20. The van der Waals surface area contributed by atoms with Gasteiger partial charge in [-0.15, -0.1) is 0 Å². The van der Waals surface area contributed by atoms with Crippen LogP contribution < -0.4 is 5.32 Å². The largest absolute Gasteiger partial charge is 0.416 e. The summed E-state index contributed by atoms with van der Waals surface area (Å²) < 4.78 is 39.9. The van der Waals surface area contributed by atoms with Crippen LogP contribution in [-0.2, 0) is 11.0 Å². The number of nitro groups is 1. The number of aromatic nitrogens is 2. The van der Waals surface area contributed by atoms with Gasteiger partial charge in [-0.25, -0.2) is 4.98 Å². The molecule has 29 heavy (non-hydrogen) atoms. The number of thioether (sulfide) groups is 1. The minimum atomic E-state index is -4.50. The van der Waals surface area contributed by atoms with Crippen LogP contribution in [0.25, 0.3) is 5.69 Å². The summed E-state index contributed by atoms with van der Waals surface area (Å²) in [7, 11) is 0. The molecule has 3 aromatic rings. The second-order valence-corrected chi connectivity index (χ2v) is 6.71. The first-order chi connectivity index (χ1) is 13.7. The van der Waals surface area contributed by atoms with E-state index >= 15 is 0 Å². The molecular formula is C18H13F3N4O3S. The van der Waals surface area contributed by atoms with Crippen LogP contribution in [0.5, 0.6) is 0 Å². The lowest BCUT2D eigenvalue weighted by molar-refractivity contribution is -0.384. The van der Waals surface area contributed by atoms with E-state index in [-0.39, 0.29) is 17.1 Å². The first-order valence-electron chi connectivity index (χ1n) is 8.12. The van der Waals surface area contributed by atoms with Crippen LogP contribution in [-0.4, -0.2) is 26.1 Å². The predicted octanol–water partition coefficient (Wildman–Crippen LogP) is 4.53. The Morgan fingerprint density at radius 2 is 1.93 bits per heavy atom. The number of alkyl halides is 3.